The lowest BCUT2D eigenvalue weighted by atomic mass is 9.86. The number of ether oxygens (including phenoxy) is 1. The minimum absolute atomic E-state index is 0.109. The molecule has 0 aliphatic rings. The lowest BCUT2D eigenvalue weighted by Gasteiger charge is -2.27. The summed E-state index contributed by atoms with van der Waals surface area (Å²) in [6.45, 7) is 7.35. The van der Waals surface area contributed by atoms with Crippen molar-refractivity contribution in [1.82, 2.24) is 0 Å². The first-order valence-corrected chi connectivity index (χ1v) is 11.1. The number of Topliss-reactive ketones (excluding diaryl/α,β-unsaturated/α-hetero) is 1. The number of esters is 1. The van der Waals surface area contributed by atoms with Crippen LogP contribution in [0.15, 0.2) is 35.3 Å². The normalized spacial score (nSPS) is 13.6. The maximum atomic E-state index is 13.0. The van der Waals surface area contributed by atoms with E-state index in [1.807, 2.05) is 70.5 Å². The molecular formula is C20H29NO3S2. The summed E-state index contributed by atoms with van der Waals surface area (Å²) in [7, 11) is 0. The van der Waals surface area contributed by atoms with E-state index >= 15 is 0 Å². The molecule has 6 heteroatoms. The van der Waals surface area contributed by atoms with Crippen LogP contribution in [-0.2, 0) is 14.3 Å². The van der Waals surface area contributed by atoms with E-state index in [1.165, 1.54) is 23.5 Å². The topological polar surface area (TPSA) is 55.7 Å². The summed E-state index contributed by atoms with van der Waals surface area (Å²) < 4.78 is 6.43. The second kappa shape index (κ2) is 10.8. The Kier molecular flexibility index (Phi) is 9.44. The molecular weight excluding hydrogens is 366 g/mol. The van der Waals surface area contributed by atoms with Crippen molar-refractivity contribution in [2.75, 3.05) is 12.5 Å². The van der Waals surface area contributed by atoms with E-state index in [0.717, 1.165) is 9.94 Å². The van der Waals surface area contributed by atoms with Crippen LogP contribution in [-0.4, -0.2) is 40.3 Å². The van der Waals surface area contributed by atoms with Gasteiger partial charge in [-0.25, -0.2) is 4.79 Å². The Morgan fingerprint density at radius 1 is 1.12 bits per heavy atom. The summed E-state index contributed by atoms with van der Waals surface area (Å²) in [5.41, 5.74) is 0.315. The van der Waals surface area contributed by atoms with Crippen LogP contribution in [0.5, 0.6) is 0 Å². The molecule has 1 rings (SSSR count). The highest BCUT2D eigenvalue weighted by Gasteiger charge is 2.34. The highest BCUT2D eigenvalue weighted by Crippen LogP contribution is 2.30. The molecule has 0 heterocycles. The Balaban J connectivity index is 3.37. The first kappa shape index (κ1) is 22.8. The van der Waals surface area contributed by atoms with Crippen molar-refractivity contribution in [3.63, 3.8) is 0 Å². The van der Waals surface area contributed by atoms with E-state index < -0.39 is 17.6 Å². The van der Waals surface area contributed by atoms with Crippen LogP contribution in [0.4, 0.5) is 0 Å². The van der Waals surface area contributed by atoms with Gasteiger partial charge >= 0.3 is 5.97 Å². The average molecular weight is 396 g/mol. The zero-order valence-electron chi connectivity index (χ0n) is 16.4. The third-order valence-electron chi connectivity index (χ3n) is 3.69. The average Bonchev–Trinajstić information content (AvgIpc) is 2.60. The van der Waals surface area contributed by atoms with Crippen LogP contribution < -0.4 is 0 Å². The largest absolute Gasteiger partial charge is 0.458 e. The molecule has 26 heavy (non-hydrogen) atoms. The molecule has 1 aromatic rings. The summed E-state index contributed by atoms with van der Waals surface area (Å²) in [5, 5.41) is 0. The molecule has 0 N–H and O–H groups in total. The Morgan fingerprint density at radius 2 is 1.69 bits per heavy atom. The van der Waals surface area contributed by atoms with Crippen LogP contribution in [0.25, 0.3) is 0 Å². The third-order valence-corrected chi connectivity index (χ3v) is 5.60. The molecule has 0 aliphatic carbocycles. The summed E-state index contributed by atoms with van der Waals surface area (Å²) in [4.78, 5) is 29.9. The number of thioether (sulfide) groups is 2. The number of aliphatic imine (C=N–C) groups is 1. The van der Waals surface area contributed by atoms with Gasteiger partial charge in [0.05, 0.1) is 0 Å². The smallest absolute Gasteiger partial charge is 0.332 e. The van der Waals surface area contributed by atoms with E-state index in [-0.39, 0.29) is 18.1 Å². The number of carbonyl (C=O) groups is 2. The van der Waals surface area contributed by atoms with Crippen molar-refractivity contribution >= 4 is 39.7 Å². The van der Waals surface area contributed by atoms with Gasteiger partial charge in [-0.2, -0.15) is 0 Å². The predicted octanol–water partition coefficient (Wildman–Crippen LogP) is 4.93. The van der Waals surface area contributed by atoms with Gasteiger partial charge < -0.3 is 4.74 Å². The predicted molar refractivity (Wildman–Crippen MR) is 113 cm³/mol. The molecule has 0 spiro atoms. The van der Waals surface area contributed by atoms with Gasteiger partial charge in [0.15, 0.2) is 6.04 Å². The Morgan fingerprint density at radius 3 is 2.15 bits per heavy atom. The molecule has 0 fully saturated rings. The number of ketones is 1. The van der Waals surface area contributed by atoms with Crippen molar-refractivity contribution in [3.8, 4) is 0 Å². The van der Waals surface area contributed by atoms with Crippen molar-refractivity contribution in [3.05, 3.63) is 35.9 Å². The van der Waals surface area contributed by atoms with E-state index in [0.29, 0.717) is 6.42 Å². The molecule has 0 radical (unpaired) electrons. The fraction of sp³-hybridized carbons (Fsp3) is 0.550. The van der Waals surface area contributed by atoms with Gasteiger partial charge in [0.2, 0.25) is 0 Å². The molecule has 0 amide bonds. The molecule has 0 aromatic heterocycles. The molecule has 4 nitrogen and oxygen atoms in total. The zero-order chi connectivity index (χ0) is 19.7. The minimum Gasteiger partial charge on any atom is -0.458 e. The fourth-order valence-corrected chi connectivity index (χ4v) is 3.58. The first-order valence-electron chi connectivity index (χ1n) is 8.67. The van der Waals surface area contributed by atoms with Gasteiger partial charge in [0.1, 0.15) is 15.8 Å². The molecule has 0 aliphatic heterocycles. The van der Waals surface area contributed by atoms with Crippen molar-refractivity contribution in [2.45, 2.75) is 58.1 Å². The molecule has 0 unspecified atom stereocenters. The van der Waals surface area contributed by atoms with Crippen molar-refractivity contribution in [2.24, 2.45) is 4.99 Å². The number of hydrogen-bond acceptors (Lipinski definition) is 6. The lowest BCUT2D eigenvalue weighted by Crippen LogP contribution is -2.35. The Bertz CT molecular complexity index is 618. The third kappa shape index (κ3) is 7.54. The highest BCUT2D eigenvalue weighted by atomic mass is 32.2. The standard InChI is InChI=1S/C20H29NO3S2/c1-7-15(22)13-16(14-11-9-8-10-12-14)17(21-19(25-5)26-6)18(23)24-20(2,3)4/h8-12,16-17H,7,13H2,1-6H3/t16-,17+/m1/s1. The number of rotatable bonds is 7. The molecule has 144 valence electrons. The molecule has 0 saturated carbocycles. The quantitative estimate of drug-likeness (QED) is 0.372. The number of nitrogens with zero attached hydrogens (tertiary/aromatic N) is 1. The summed E-state index contributed by atoms with van der Waals surface area (Å²) in [6.07, 6.45) is 4.56. The van der Waals surface area contributed by atoms with Crippen LogP contribution in [0.3, 0.4) is 0 Å². The lowest BCUT2D eigenvalue weighted by molar-refractivity contribution is -0.157. The maximum absolute atomic E-state index is 13.0. The maximum Gasteiger partial charge on any atom is 0.332 e. The number of hydrogen-bond donors (Lipinski definition) is 0. The first-order chi connectivity index (χ1) is 12.2. The van der Waals surface area contributed by atoms with Crippen molar-refractivity contribution in [1.29, 1.82) is 0 Å². The Hall–Kier alpha value is -1.27. The molecule has 1 aromatic carbocycles. The van der Waals surface area contributed by atoms with Crippen LogP contribution >= 0.6 is 23.5 Å². The van der Waals surface area contributed by atoms with Gasteiger partial charge in [-0.3, -0.25) is 9.79 Å². The molecule has 0 saturated heterocycles. The van der Waals surface area contributed by atoms with E-state index in [1.54, 1.807) is 0 Å². The zero-order valence-corrected chi connectivity index (χ0v) is 18.1. The van der Waals surface area contributed by atoms with Crippen LogP contribution in [0.2, 0.25) is 0 Å². The second-order valence-electron chi connectivity index (χ2n) is 6.90. The number of benzene rings is 1. The minimum atomic E-state index is -0.748. The highest BCUT2D eigenvalue weighted by molar-refractivity contribution is 8.38. The summed E-state index contributed by atoms with van der Waals surface area (Å²) in [6, 6.07) is 8.89. The Labute approximate surface area is 165 Å². The second-order valence-corrected chi connectivity index (χ2v) is 8.74. The van der Waals surface area contributed by atoms with Gasteiger partial charge in [0, 0.05) is 18.8 Å². The van der Waals surface area contributed by atoms with E-state index in [4.69, 9.17) is 4.74 Å². The summed E-state index contributed by atoms with van der Waals surface area (Å²) in [5.74, 6) is -0.624. The molecule has 0 bridgehead atoms. The van der Waals surface area contributed by atoms with Gasteiger partial charge in [0.25, 0.3) is 0 Å². The number of carbonyl (C=O) groups excluding carboxylic acids is 2. The summed E-state index contributed by atoms with van der Waals surface area (Å²) >= 11 is 2.98. The van der Waals surface area contributed by atoms with E-state index in [9.17, 15) is 9.59 Å². The molecule has 2 atom stereocenters. The van der Waals surface area contributed by atoms with Crippen LogP contribution in [0.1, 0.15) is 52.0 Å². The van der Waals surface area contributed by atoms with Crippen LogP contribution in [0, 0.1) is 0 Å². The SMILES string of the molecule is CCC(=O)C[C@H](c1ccccc1)[C@H](N=C(SC)SC)C(=O)OC(C)(C)C. The monoisotopic (exact) mass is 395 g/mol. The van der Waals surface area contributed by atoms with Gasteiger partial charge in [-0.1, -0.05) is 37.3 Å². The van der Waals surface area contributed by atoms with E-state index in [2.05, 4.69) is 4.99 Å². The van der Waals surface area contributed by atoms with Gasteiger partial charge in [-0.05, 0) is 38.8 Å². The van der Waals surface area contributed by atoms with Gasteiger partial charge in [-0.15, -0.1) is 23.5 Å². The van der Waals surface area contributed by atoms with Crippen molar-refractivity contribution < 1.29 is 14.3 Å². The fourth-order valence-electron chi connectivity index (χ4n) is 2.47.